The molecule has 1 amide bonds. The van der Waals surface area contributed by atoms with Crippen molar-refractivity contribution in [1.29, 1.82) is 0 Å². The lowest BCUT2D eigenvalue weighted by molar-refractivity contribution is -0.117. The predicted octanol–water partition coefficient (Wildman–Crippen LogP) is 3.61. The Bertz CT molecular complexity index is 426. The number of para-hydroxylation sites is 1. The first-order valence-corrected chi connectivity index (χ1v) is 6.84. The van der Waals surface area contributed by atoms with Gasteiger partial charge in [-0.15, -0.1) is 12.4 Å². The average molecular weight is 303 g/mol. The molecular weight excluding hydrogens is 283 g/mol. The van der Waals surface area contributed by atoms with E-state index >= 15 is 0 Å². The quantitative estimate of drug-likeness (QED) is 0.896. The maximum atomic E-state index is 12.0. The largest absolute Gasteiger partial charge is 0.327 e. The molecule has 106 valence electrons. The summed E-state index contributed by atoms with van der Waals surface area (Å²) in [6, 6.07) is 7.43. The summed E-state index contributed by atoms with van der Waals surface area (Å²) in [5.41, 5.74) is 6.72. The van der Waals surface area contributed by atoms with Gasteiger partial charge >= 0.3 is 0 Å². The van der Waals surface area contributed by atoms with Crippen molar-refractivity contribution in [3.8, 4) is 0 Å². The average Bonchev–Trinajstić information content (AvgIpc) is 2.35. The lowest BCUT2D eigenvalue weighted by Gasteiger charge is -2.28. The van der Waals surface area contributed by atoms with Crippen LogP contribution in [-0.4, -0.2) is 11.9 Å². The zero-order valence-corrected chi connectivity index (χ0v) is 12.3. The van der Waals surface area contributed by atoms with Gasteiger partial charge in [-0.1, -0.05) is 36.6 Å². The number of halogens is 2. The van der Waals surface area contributed by atoms with Crippen molar-refractivity contribution in [3.63, 3.8) is 0 Å². The number of hydrogen-bond acceptors (Lipinski definition) is 2. The highest BCUT2D eigenvalue weighted by atomic mass is 35.5. The molecule has 5 heteroatoms. The van der Waals surface area contributed by atoms with Gasteiger partial charge in [-0.05, 0) is 30.9 Å². The first kappa shape index (κ1) is 16.3. The molecule has 3 nitrogen and oxygen atoms in total. The predicted molar refractivity (Wildman–Crippen MR) is 81.9 cm³/mol. The minimum Gasteiger partial charge on any atom is -0.327 e. The van der Waals surface area contributed by atoms with Gasteiger partial charge in [0.2, 0.25) is 5.91 Å². The number of amides is 1. The fraction of sp³-hybridized carbons (Fsp3) is 0.500. The van der Waals surface area contributed by atoms with Gasteiger partial charge in [-0.2, -0.15) is 0 Å². The van der Waals surface area contributed by atoms with Crippen LogP contribution in [0, 0.1) is 5.92 Å². The number of benzene rings is 1. The van der Waals surface area contributed by atoms with Gasteiger partial charge in [0.15, 0.2) is 0 Å². The van der Waals surface area contributed by atoms with Crippen molar-refractivity contribution in [2.45, 2.75) is 38.1 Å². The van der Waals surface area contributed by atoms with E-state index in [-0.39, 0.29) is 24.4 Å². The Morgan fingerprint density at radius 2 is 2.00 bits per heavy atom. The molecule has 3 N–H and O–H groups in total. The molecule has 1 aromatic rings. The van der Waals surface area contributed by atoms with Crippen molar-refractivity contribution >= 4 is 35.6 Å². The maximum absolute atomic E-state index is 12.0. The number of anilines is 1. The van der Waals surface area contributed by atoms with E-state index in [4.69, 9.17) is 17.3 Å². The molecule has 0 heterocycles. The Balaban J connectivity index is 0.00000180. The zero-order valence-electron chi connectivity index (χ0n) is 10.8. The number of rotatable bonds is 3. The SMILES string of the molecule is Cl.NC1CCCCC1CC(=O)Nc1ccccc1Cl. The summed E-state index contributed by atoms with van der Waals surface area (Å²) >= 11 is 6.00. The third-order valence-electron chi connectivity index (χ3n) is 3.56. The first-order chi connectivity index (χ1) is 8.66. The summed E-state index contributed by atoms with van der Waals surface area (Å²) in [5, 5.41) is 3.42. The molecule has 0 radical (unpaired) electrons. The molecule has 1 saturated carbocycles. The molecule has 0 aliphatic heterocycles. The number of carbonyl (C=O) groups excluding carboxylic acids is 1. The van der Waals surface area contributed by atoms with Gasteiger partial charge in [0.25, 0.3) is 0 Å². The minimum absolute atomic E-state index is 0. The van der Waals surface area contributed by atoms with E-state index in [1.54, 1.807) is 12.1 Å². The van der Waals surface area contributed by atoms with E-state index in [1.165, 1.54) is 12.8 Å². The molecular formula is C14H20Cl2N2O. The summed E-state index contributed by atoms with van der Waals surface area (Å²) in [6.07, 6.45) is 4.94. The smallest absolute Gasteiger partial charge is 0.224 e. The Morgan fingerprint density at radius 1 is 1.32 bits per heavy atom. The molecule has 2 atom stereocenters. The van der Waals surface area contributed by atoms with Crippen LogP contribution in [0.4, 0.5) is 5.69 Å². The second-order valence-corrected chi connectivity index (χ2v) is 5.35. The van der Waals surface area contributed by atoms with Crippen molar-refractivity contribution in [3.05, 3.63) is 29.3 Å². The van der Waals surface area contributed by atoms with Crippen LogP contribution in [0.5, 0.6) is 0 Å². The van der Waals surface area contributed by atoms with Crippen LogP contribution in [0.2, 0.25) is 5.02 Å². The van der Waals surface area contributed by atoms with Gasteiger partial charge in [-0.25, -0.2) is 0 Å². The lowest BCUT2D eigenvalue weighted by Crippen LogP contribution is -2.35. The maximum Gasteiger partial charge on any atom is 0.224 e. The molecule has 0 aromatic heterocycles. The summed E-state index contributed by atoms with van der Waals surface area (Å²) in [6.45, 7) is 0. The summed E-state index contributed by atoms with van der Waals surface area (Å²) in [5.74, 6) is 0.312. The molecule has 2 rings (SSSR count). The van der Waals surface area contributed by atoms with Gasteiger partial charge < -0.3 is 11.1 Å². The van der Waals surface area contributed by atoms with Gasteiger partial charge in [0.1, 0.15) is 0 Å². The molecule has 1 aromatic carbocycles. The van der Waals surface area contributed by atoms with Crippen LogP contribution in [0.1, 0.15) is 32.1 Å². The van der Waals surface area contributed by atoms with Gasteiger partial charge in [-0.3, -0.25) is 4.79 Å². The standard InChI is InChI=1S/C14H19ClN2O.ClH/c15-11-6-2-4-8-13(11)17-14(18)9-10-5-1-3-7-12(10)16;/h2,4,6,8,10,12H,1,3,5,7,9,16H2,(H,17,18);1H. The number of nitrogens with one attached hydrogen (secondary N) is 1. The molecule has 0 bridgehead atoms. The van der Waals surface area contributed by atoms with E-state index < -0.39 is 0 Å². The van der Waals surface area contributed by atoms with Crippen molar-refractivity contribution < 1.29 is 4.79 Å². The van der Waals surface area contributed by atoms with Crippen molar-refractivity contribution in [1.82, 2.24) is 0 Å². The monoisotopic (exact) mass is 302 g/mol. The fourth-order valence-corrected chi connectivity index (χ4v) is 2.67. The summed E-state index contributed by atoms with van der Waals surface area (Å²) in [4.78, 5) is 12.0. The summed E-state index contributed by atoms with van der Waals surface area (Å²) < 4.78 is 0. The van der Waals surface area contributed by atoms with Crippen LogP contribution < -0.4 is 11.1 Å². The van der Waals surface area contributed by atoms with Crippen LogP contribution in [0.15, 0.2) is 24.3 Å². The van der Waals surface area contributed by atoms with E-state index in [1.807, 2.05) is 12.1 Å². The van der Waals surface area contributed by atoms with Crippen LogP contribution in [0.3, 0.4) is 0 Å². The highest BCUT2D eigenvalue weighted by molar-refractivity contribution is 6.33. The van der Waals surface area contributed by atoms with E-state index in [9.17, 15) is 4.79 Å². The second-order valence-electron chi connectivity index (χ2n) is 4.94. The highest BCUT2D eigenvalue weighted by Crippen LogP contribution is 2.27. The van der Waals surface area contributed by atoms with Crippen LogP contribution in [-0.2, 0) is 4.79 Å². The number of hydrogen-bond donors (Lipinski definition) is 2. The zero-order chi connectivity index (χ0) is 13.0. The molecule has 1 aliphatic rings. The fourth-order valence-electron chi connectivity index (χ4n) is 2.49. The Morgan fingerprint density at radius 3 is 2.68 bits per heavy atom. The molecule has 2 unspecified atom stereocenters. The topological polar surface area (TPSA) is 55.1 Å². The normalized spacial score (nSPS) is 22.4. The van der Waals surface area contributed by atoms with E-state index in [2.05, 4.69) is 5.32 Å². The minimum atomic E-state index is 0. The Kier molecular flexibility index (Phi) is 6.63. The third kappa shape index (κ3) is 4.68. The summed E-state index contributed by atoms with van der Waals surface area (Å²) in [7, 11) is 0. The van der Waals surface area contributed by atoms with Crippen molar-refractivity contribution in [2.24, 2.45) is 11.7 Å². The molecule has 0 spiro atoms. The van der Waals surface area contributed by atoms with Crippen molar-refractivity contribution in [2.75, 3.05) is 5.32 Å². The first-order valence-electron chi connectivity index (χ1n) is 6.47. The number of nitrogens with two attached hydrogens (primary N) is 1. The van der Waals surface area contributed by atoms with Crippen LogP contribution >= 0.6 is 24.0 Å². The van der Waals surface area contributed by atoms with E-state index in [0.29, 0.717) is 23.0 Å². The van der Waals surface area contributed by atoms with E-state index in [0.717, 1.165) is 12.8 Å². The highest BCUT2D eigenvalue weighted by Gasteiger charge is 2.24. The number of carbonyl (C=O) groups is 1. The molecule has 19 heavy (non-hydrogen) atoms. The second kappa shape index (κ2) is 7.73. The van der Waals surface area contributed by atoms with Gasteiger partial charge in [0.05, 0.1) is 10.7 Å². The molecule has 1 fully saturated rings. The third-order valence-corrected chi connectivity index (χ3v) is 3.89. The Hall–Kier alpha value is -0.770. The molecule has 0 saturated heterocycles. The molecule has 1 aliphatic carbocycles. The lowest BCUT2D eigenvalue weighted by atomic mass is 9.83. The van der Waals surface area contributed by atoms with Crippen LogP contribution in [0.25, 0.3) is 0 Å². The Labute approximate surface area is 125 Å². The van der Waals surface area contributed by atoms with Gasteiger partial charge in [0, 0.05) is 12.5 Å².